The lowest BCUT2D eigenvalue weighted by atomic mass is 10.2. The second-order valence-corrected chi connectivity index (χ2v) is 9.40. The molecule has 0 aromatic rings. The second-order valence-electron chi connectivity index (χ2n) is 6.66. The summed E-state index contributed by atoms with van der Waals surface area (Å²) in [7, 11) is -3.02. The summed E-state index contributed by atoms with van der Waals surface area (Å²) >= 11 is 0. The molecule has 2 saturated heterocycles. The van der Waals surface area contributed by atoms with Gasteiger partial charge in [-0.1, -0.05) is 0 Å². The Bertz CT molecular complexity index is 496. The van der Waals surface area contributed by atoms with Crippen LogP contribution in [-0.4, -0.2) is 68.7 Å². The van der Waals surface area contributed by atoms with Crippen molar-refractivity contribution in [2.45, 2.75) is 50.9 Å². The zero-order valence-electron chi connectivity index (χ0n) is 14.0. The fourth-order valence-electron chi connectivity index (χ4n) is 2.94. The van der Waals surface area contributed by atoms with Gasteiger partial charge < -0.3 is 15.0 Å². The van der Waals surface area contributed by atoms with Crippen LogP contribution in [0.15, 0.2) is 4.99 Å². The molecule has 128 valence electrons. The molecule has 1 N–H and O–H groups in total. The lowest BCUT2D eigenvalue weighted by Crippen LogP contribution is -2.57. The predicted molar refractivity (Wildman–Crippen MR) is 89.0 cm³/mol. The summed E-state index contributed by atoms with van der Waals surface area (Å²) < 4.78 is 29.1. The Kier molecular flexibility index (Phi) is 5.71. The fraction of sp³-hybridized carbons (Fsp3) is 0.933. The third-order valence-corrected chi connectivity index (χ3v) is 6.95. The van der Waals surface area contributed by atoms with Crippen LogP contribution < -0.4 is 5.32 Å². The summed E-state index contributed by atoms with van der Waals surface area (Å²) in [6.45, 7) is 8.99. The average molecular weight is 331 g/mol. The number of hydrogen-bond acceptors (Lipinski definition) is 4. The van der Waals surface area contributed by atoms with Crippen LogP contribution in [0, 0.1) is 0 Å². The van der Waals surface area contributed by atoms with E-state index < -0.39 is 14.6 Å². The first-order valence-corrected chi connectivity index (χ1v) is 9.88. The first-order valence-electron chi connectivity index (χ1n) is 8.23. The summed E-state index contributed by atoms with van der Waals surface area (Å²) in [5.74, 6) is 1.01. The smallest absolute Gasteiger partial charge is 0.193 e. The SMILES string of the molecule is CCNC(=NCCC1CCCO1)N1CCS(=O)(=O)C(C)(C)C1. The molecule has 2 rings (SSSR count). The van der Waals surface area contributed by atoms with Gasteiger partial charge in [0.15, 0.2) is 15.8 Å². The summed E-state index contributed by atoms with van der Waals surface area (Å²) in [6.07, 6.45) is 3.54. The van der Waals surface area contributed by atoms with Gasteiger partial charge in [-0.15, -0.1) is 0 Å². The fourth-order valence-corrected chi connectivity index (χ4v) is 4.30. The predicted octanol–water partition coefficient (Wildman–Crippen LogP) is 1.03. The topological polar surface area (TPSA) is 71.0 Å². The molecule has 1 unspecified atom stereocenters. The van der Waals surface area contributed by atoms with Gasteiger partial charge in [-0.3, -0.25) is 4.99 Å². The van der Waals surface area contributed by atoms with Gasteiger partial charge in [0, 0.05) is 32.8 Å². The first-order chi connectivity index (χ1) is 10.4. The highest BCUT2D eigenvalue weighted by Gasteiger charge is 2.40. The monoisotopic (exact) mass is 331 g/mol. The Labute approximate surface area is 134 Å². The van der Waals surface area contributed by atoms with Gasteiger partial charge in [-0.05, 0) is 40.0 Å². The molecule has 6 nitrogen and oxygen atoms in total. The van der Waals surface area contributed by atoms with Crippen molar-refractivity contribution in [3.63, 3.8) is 0 Å². The van der Waals surface area contributed by atoms with E-state index in [1.165, 1.54) is 0 Å². The Morgan fingerprint density at radius 1 is 1.45 bits per heavy atom. The molecule has 1 atom stereocenters. The largest absolute Gasteiger partial charge is 0.378 e. The number of nitrogens with one attached hydrogen (secondary N) is 1. The number of guanidine groups is 1. The number of ether oxygens (including phenoxy) is 1. The van der Waals surface area contributed by atoms with Crippen molar-refractivity contribution in [3.8, 4) is 0 Å². The van der Waals surface area contributed by atoms with Crippen LogP contribution in [0.25, 0.3) is 0 Å². The summed E-state index contributed by atoms with van der Waals surface area (Å²) in [6, 6.07) is 0. The zero-order chi connectivity index (χ0) is 16.2. The molecule has 0 bridgehead atoms. The highest BCUT2D eigenvalue weighted by molar-refractivity contribution is 7.92. The van der Waals surface area contributed by atoms with Crippen LogP contribution in [0.4, 0.5) is 0 Å². The maximum atomic E-state index is 12.1. The Balaban J connectivity index is 1.98. The van der Waals surface area contributed by atoms with Gasteiger partial charge in [-0.25, -0.2) is 8.42 Å². The molecule has 0 spiro atoms. The second kappa shape index (κ2) is 7.17. The molecule has 2 aliphatic heterocycles. The maximum absolute atomic E-state index is 12.1. The van der Waals surface area contributed by atoms with E-state index >= 15 is 0 Å². The molecule has 2 fully saturated rings. The number of rotatable bonds is 4. The molecule has 0 saturated carbocycles. The normalized spacial score (nSPS) is 27.9. The van der Waals surface area contributed by atoms with E-state index in [4.69, 9.17) is 4.74 Å². The van der Waals surface area contributed by atoms with E-state index in [0.717, 1.165) is 44.9 Å². The Morgan fingerprint density at radius 3 is 2.82 bits per heavy atom. The van der Waals surface area contributed by atoms with E-state index in [-0.39, 0.29) is 5.75 Å². The molecular formula is C15H29N3O3S. The standard InChI is InChI=1S/C15H29N3O3S/c1-4-16-14(17-8-7-13-6-5-10-21-13)18-9-11-22(19,20)15(2,3)12-18/h13H,4-12H2,1-3H3,(H,16,17). The van der Waals surface area contributed by atoms with Gasteiger partial charge >= 0.3 is 0 Å². The minimum atomic E-state index is -3.02. The van der Waals surface area contributed by atoms with Crippen LogP contribution >= 0.6 is 0 Å². The molecule has 2 heterocycles. The van der Waals surface area contributed by atoms with E-state index in [1.54, 1.807) is 13.8 Å². The van der Waals surface area contributed by atoms with Crippen molar-refractivity contribution in [3.05, 3.63) is 0 Å². The lowest BCUT2D eigenvalue weighted by molar-refractivity contribution is 0.106. The molecule has 22 heavy (non-hydrogen) atoms. The molecule has 0 aromatic carbocycles. The molecule has 7 heteroatoms. The molecule has 0 amide bonds. The maximum Gasteiger partial charge on any atom is 0.193 e. The number of sulfone groups is 1. The number of nitrogens with zero attached hydrogens (tertiary/aromatic N) is 2. The Morgan fingerprint density at radius 2 is 2.23 bits per heavy atom. The van der Waals surface area contributed by atoms with Crippen molar-refractivity contribution in [2.75, 3.05) is 38.5 Å². The van der Waals surface area contributed by atoms with Gasteiger partial charge in [0.25, 0.3) is 0 Å². The Hall–Kier alpha value is -0.820. The highest BCUT2D eigenvalue weighted by atomic mass is 32.2. The zero-order valence-corrected chi connectivity index (χ0v) is 14.8. The average Bonchev–Trinajstić information content (AvgIpc) is 2.94. The van der Waals surface area contributed by atoms with Gasteiger partial charge in [-0.2, -0.15) is 0 Å². The summed E-state index contributed by atoms with van der Waals surface area (Å²) in [5.41, 5.74) is 0. The van der Waals surface area contributed by atoms with E-state index in [9.17, 15) is 8.42 Å². The van der Waals surface area contributed by atoms with Crippen molar-refractivity contribution < 1.29 is 13.2 Å². The highest BCUT2D eigenvalue weighted by Crippen LogP contribution is 2.23. The third-order valence-electron chi connectivity index (χ3n) is 4.41. The van der Waals surface area contributed by atoms with Gasteiger partial charge in [0.1, 0.15) is 0 Å². The lowest BCUT2D eigenvalue weighted by Gasteiger charge is -2.39. The van der Waals surface area contributed by atoms with E-state index in [0.29, 0.717) is 19.2 Å². The van der Waals surface area contributed by atoms with Crippen LogP contribution in [0.2, 0.25) is 0 Å². The summed E-state index contributed by atoms with van der Waals surface area (Å²) in [4.78, 5) is 6.74. The van der Waals surface area contributed by atoms with E-state index in [1.807, 2.05) is 6.92 Å². The van der Waals surface area contributed by atoms with Crippen LogP contribution in [-0.2, 0) is 14.6 Å². The minimum absolute atomic E-state index is 0.191. The number of aliphatic imine (C=N–C) groups is 1. The third kappa shape index (κ3) is 4.13. The van der Waals surface area contributed by atoms with Crippen LogP contribution in [0.3, 0.4) is 0 Å². The first kappa shape index (κ1) is 17.5. The molecule has 2 aliphatic rings. The molecule has 0 radical (unpaired) electrons. The van der Waals surface area contributed by atoms with Crippen molar-refractivity contribution in [1.29, 1.82) is 0 Å². The number of hydrogen-bond donors (Lipinski definition) is 1. The van der Waals surface area contributed by atoms with Crippen molar-refractivity contribution in [1.82, 2.24) is 10.2 Å². The van der Waals surface area contributed by atoms with Gasteiger partial charge in [0.2, 0.25) is 0 Å². The van der Waals surface area contributed by atoms with E-state index in [2.05, 4.69) is 15.2 Å². The molecule has 0 aliphatic carbocycles. The van der Waals surface area contributed by atoms with Gasteiger partial charge in [0.05, 0.1) is 16.6 Å². The molecule has 0 aromatic heterocycles. The quantitative estimate of drug-likeness (QED) is 0.615. The van der Waals surface area contributed by atoms with Crippen LogP contribution in [0.1, 0.15) is 40.0 Å². The van der Waals surface area contributed by atoms with Crippen molar-refractivity contribution >= 4 is 15.8 Å². The van der Waals surface area contributed by atoms with Crippen LogP contribution in [0.5, 0.6) is 0 Å². The molecular weight excluding hydrogens is 302 g/mol. The summed E-state index contributed by atoms with van der Waals surface area (Å²) in [5, 5.41) is 3.28. The van der Waals surface area contributed by atoms with Crippen molar-refractivity contribution in [2.24, 2.45) is 4.99 Å². The minimum Gasteiger partial charge on any atom is -0.378 e.